The standard InChI is InChI=1S/C19H15F3.C10H7.C9H8BrF3.CH2O3.BF3.2Cs.K.H/c1-13-6-8-15(9-7-13)18(19(20,21)22)17-11-10-14-4-2-3-5-16(14)12-17;1-2-6-10-8-4-3-7-9(10)5-1;1-6-2-4-7(5-3-6)8(10)9(11,12)13;2-1-4-3;2-1(3)4;;;;/h2-12,18H,1H3;1-3,5-8H;2-5,8H,1H3;1,3H;;;;;/q;-1;;;;3*+1;-1/p-1. The van der Waals surface area contributed by atoms with Crippen LogP contribution < -0.4 is 194 Å². The van der Waals surface area contributed by atoms with Crippen molar-refractivity contribution < 1.29 is 245 Å². The van der Waals surface area contributed by atoms with E-state index in [1.54, 1.807) is 54.6 Å². The molecule has 2 unspecified atom stereocenters. The van der Waals surface area contributed by atoms with Gasteiger partial charge in [-0.25, -0.2) is 0 Å². The molecule has 0 radical (unpaired) electrons. The summed E-state index contributed by atoms with van der Waals surface area (Å²) in [6, 6.07) is 42.5. The van der Waals surface area contributed by atoms with Crippen LogP contribution in [0.4, 0.5) is 39.3 Å². The van der Waals surface area contributed by atoms with Gasteiger partial charge >= 0.3 is 209 Å². The quantitative estimate of drug-likeness (QED) is 0.0520. The number of carbonyl (C=O) groups excluding carboxylic acids is 1. The Morgan fingerprint density at radius 2 is 1.05 bits per heavy atom. The van der Waals surface area contributed by atoms with Crippen LogP contribution in [-0.2, 0) is 9.68 Å². The molecule has 6 aromatic rings. The summed E-state index contributed by atoms with van der Waals surface area (Å²) in [5.74, 6) is -1.60. The van der Waals surface area contributed by atoms with Crippen LogP contribution in [0, 0.1) is 19.9 Å². The van der Waals surface area contributed by atoms with Gasteiger partial charge in [0.1, 0.15) is 10.7 Å². The second-order valence-corrected chi connectivity index (χ2v) is 11.9. The summed E-state index contributed by atoms with van der Waals surface area (Å²) < 4.78 is 106. The number of hydrogen-bond acceptors (Lipinski definition) is 3. The minimum atomic E-state index is -4.32. The van der Waals surface area contributed by atoms with E-state index in [4.69, 9.17) is 10.1 Å². The van der Waals surface area contributed by atoms with Crippen molar-refractivity contribution in [3.05, 3.63) is 167 Å². The van der Waals surface area contributed by atoms with E-state index in [9.17, 15) is 39.3 Å². The zero-order valence-corrected chi connectivity index (χ0v) is 48.3. The van der Waals surface area contributed by atoms with Crippen LogP contribution >= 0.6 is 15.9 Å². The fourth-order valence-electron chi connectivity index (χ4n) is 4.71. The predicted molar refractivity (Wildman–Crippen MR) is 192 cm³/mol. The number of hydrogen-bond donors (Lipinski definition) is 0. The molecular weight excluding hydrogens is 1080 g/mol. The van der Waals surface area contributed by atoms with Crippen LogP contribution in [-0.4, -0.2) is 26.4 Å². The average molecular weight is 1120 g/mol. The molecule has 0 aliphatic rings. The van der Waals surface area contributed by atoms with Crippen LogP contribution in [0.1, 0.15) is 40.0 Å². The fraction of sp³-hybridized carbons (Fsp3) is 0.154. The molecule has 0 saturated heterocycles. The van der Waals surface area contributed by atoms with E-state index in [1.807, 2.05) is 62.4 Å². The molecular formula is C39H32BBrCs2F9KO3. The van der Waals surface area contributed by atoms with Crippen molar-refractivity contribution in [2.24, 2.45) is 0 Å². The van der Waals surface area contributed by atoms with E-state index in [0.717, 1.165) is 21.9 Å². The van der Waals surface area contributed by atoms with Crippen LogP contribution in [0.15, 0.2) is 133 Å². The Labute approximate surface area is 490 Å². The van der Waals surface area contributed by atoms with Gasteiger partial charge in [-0.15, -0.1) is 16.8 Å². The second kappa shape index (κ2) is 30.9. The van der Waals surface area contributed by atoms with E-state index >= 15 is 0 Å². The molecule has 0 heterocycles. The van der Waals surface area contributed by atoms with Crippen molar-refractivity contribution >= 4 is 51.5 Å². The van der Waals surface area contributed by atoms with Crippen molar-refractivity contribution in [1.82, 2.24) is 0 Å². The largest absolute Gasteiger partial charge is 1.00 e. The van der Waals surface area contributed by atoms with Gasteiger partial charge in [0.2, 0.25) is 0 Å². The third kappa shape index (κ3) is 22.7. The number of aryl methyl sites for hydroxylation is 2. The van der Waals surface area contributed by atoms with E-state index in [-0.39, 0.29) is 214 Å². The molecule has 3 nitrogen and oxygen atoms in total. The Balaban J connectivity index is -0.000000717. The smallest absolute Gasteiger partial charge is 1.00 e. The normalized spacial score (nSPS) is 11.2. The zero-order valence-electron chi connectivity index (χ0n) is 32.0. The summed E-state index contributed by atoms with van der Waals surface area (Å²) in [6.45, 7) is 3.52. The maximum atomic E-state index is 13.6. The number of rotatable bonds is 4. The molecule has 2 atom stereocenters. The molecule has 282 valence electrons. The molecule has 17 heteroatoms. The molecule has 56 heavy (non-hydrogen) atoms. The van der Waals surface area contributed by atoms with Gasteiger partial charge in [-0.1, -0.05) is 136 Å². The van der Waals surface area contributed by atoms with Crippen LogP contribution in [0.3, 0.4) is 0 Å². The monoisotopic (exact) mass is 1110 g/mol. The second-order valence-electron chi connectivity index (χ2n) is 11.0. The van der Waals surface area contributed by atoms with Crippen LogP contribution in [0.2, 0.25) is 0 Å². The molecule has 6 aromatic carbocycles. The Bertz CT molecular complexity index is 1910. The first kappa shape index (κ1) is 59.0. The van der Waals surface area contributed by atoms with Crippen molar-refractivity contribution in [3.8, 4) is 0 Å². The van der Waals surface area contributed by atoms with Gasteiger partial charge < -0.3 is 11.6 Å². The van der Waals surface area contributed by atoms with Gasteiger partial charge in [0.15, 0.2) is 0 Å². The SMILES string of the molecule is Cc1ccc(C(Br)C(F)(F)F)cc1.Cc1ccc(C(c2ccc3ccccc3c2)C(F)(F)F)cc1.FB(F)F.O=CO[O-].[Cs+].[Cs+].[H-].[K+].[c-]1ccc2ccccc2c1. The number of alkyl halides is 7. The summed E-state index contributed by atoms with van der Waals surface area (Å²) in [6.07, 6.45) is -8.55. The predicted octanol–water partition coefficient (Wildman–Crippen LogP) is 2.91. The minimum Gasteiger partial charge on any atom is -1.00 e. The third-order valence-corrected chi connectivity index (χ3v) is 8.18. The van der Waals surface area contributed by atoms with Crippen molar-refractivity contribution in [3.63, 3.8) is 0 Å². The van der Waals surface area contributed by atoms with E-state index in [1.165, 1.54) is 22.9 Å². The zero-order chi connectivity index (χ0) is 39.6. The molecule has 0 saturated carbocycles. The molecule has 0 aliphatic carbocycles. The maximum Gasteiger partial charge on any atom is 1.00 e. The maximum absolute atomic E-state index is 13.6. The molecule has 0 amide bonds. The third-order valence-electron chi connectivity index (χ3n) is 7.14. The first-order chi connectivity index (χ1) is 25.0. The molecule has 0 fully saturated rings. The molecule has 6 rings (SSSR count). The fourth-order valence-corrected chi connectivity index (χ4v) is 5.02. The number of carbonyl (C=O) groups is 1. The van der Waals surface area contributed by atoms with Gasteiger partial charge in [-0.2, -0.15) is 50.6 Å². The topological polar surface area (TPSA) is 49.4 Å². The summed E-state index contributed by atoms with van der Waals surface area (Å²) in [5, 5.41) is 12.7. The number of benzene rings is 6. The Morgan fingerprint density at radius 1 is 0.661 bits per heavy atom. The average Bonchev–Trinajstić information content (AvgIpc) is 3.12. The van der Waals surface area contributed by atoms with Gasteiger partial charge in [0.25, 0.3) is 6.47 Å². The van der Waals surface area contributed by atoms with Crippen molar-refractivity contribution in [1.29, 1.82) is 0 Å². The van der Waals surface area contributed by atoms with Crippen LogP contribution in [0.5, 0.6) is 0 Å². The van der Waals surface area contributed by atoms with Gasteiger partial charge in [-0.05, 0) is 41.3 Å². The summed E-state index contributed by atoms with van der Waals surface area (Å²) in [5.41, 5.74) is 2.68. The molecule has 0 spiro atoms. The van der Waals surface area contributed by atoms with E-state index in [2.05, 4.69) is 45.1 Å². The van der Waals surface area contributed by atoms with Crippen LogP contribution in [0.25, 0.3) is 21.5 Å². The number of halogens is 10. The van der Waals surface area contributed by atoms with Gasteiger partial charge in [0, 0.05) is 0 Å². The first-order valence-corrected chi connectivity index (χ1v) is 16.3. The first-order valence-electron chi connectivity index (χ1n) is 15.4. The van der Waals surface area contributed by atoms with E-state index < -0.39 is 30.6 Å². The Kier molecular flexibility index (Phi) is 32.5. The van der Waals surface area contributed by atoms with Gasteiger partial charge in [0.05, 0.1) is 0 Å². The minimum absolute atomic E-state index is 0. The molecule has 0 aromatic heterocycles. The van der Waals surface area contributed by atoms with Gasteiger partial charge in [-0.3, -0.25) is 17.7 Å². The summed E-state index contributed by atoms with van der Waals surface area (Å²) in [4.78, 5) is 9.68. The Hall–Kier alpha value is 0.925. The molecule has 0 bridgehead atoms. The van der Waals surface area contributed by atoms with E-state index in [0.29, 0.717) is 0 Å². The molecule has 0 N–H and O–H groups in total. The number of fused-ring (bicyclic) bond motifs is 2. The van der Waals surface area contributed by atoms with Crippen molar-refractivity contribution in [2.45, 2.75) is 36.9 Å². The summed E-state index contributed by atoms with van der Waals surface area (Å²) >= 11 is 2.61. The Morgan fingerprint density at radius 3 is 1.46 bits per heavy atom. The summed E-state index contributed by atoms with van der Waals surface area (Å²) in [7, 11) is -3.67. The molecule has 0 aliphatic heterocycles. The van der Waals surface area contributed by atoms with Crippen molar-refractivity contribution in [2.75, 3.05) is 0 Å².